The molecule has 0 aliphatic carbocycles. The molecule has 0 aromatic carbocycles. The fourth-order valence-corrected chi connectivity index (χ4v) is 2.12. The Kier molecular flexibility index (Phi) is 6.27. The Bertz CT molecular complexity index is 306. The van der Waals surface area contributed by atoms with Crippen LogP contribution in [-0.2, 0) is 6.54 Å². The van der Waals surface area contributed by atoms with Gasteiger partial charge in [0.2, 0.25) is 0 Å². The van der Waals surface area contributed by atoms with E-state index in [0.29, 0.717) is 6.04 Å². The van der Waals surface area contributed by atoms with Crippen molar-refractivity contribution < 1.29 is 0 Å². The van der Waals surface area contributed by atoms with Gasteiger partial charge in [-0.1, -0.05) is 27.2 Å². The molecule has 0 saturated carbocycles. The molecule has 0 radical (unpaired) electrons. The van der Waals surface area contributed by atoms with Gasteiger partial charge < -0.3 is 9.88 Å². The molecular formula is C14H27N3. The van der Waals surface area contributed by atoms with Crippen LogP contribution in [-0.4, -0.2) is 16.1 Å². The third kappa shape index (κ3) is 4.50. The van der Waals surface area contributed by atoms with Gasteiger partial charge in [0, 0.05) is 18.8 Å². The molecule has 1 N–H and O–H groups in total. The highest BCUT2D eigenvalue weighted by atomic mass is 15.1. The van der Waals surface area contributed by atoms with Crippen LogP contribution in [0.5, 0.6) is 0 Å². The molecule has 98 valence electrons. The molecule has 0 spiro atoms. The summed E-state index contributed by atoms with van der Waals surface area (Å²) >= 11 is 0. The number of hydrogen-bond acceptors (Lipinski definition) is 2. The van der Waals surface area contributed by atoms with Gasteiger partial charge in [0.25, 0.3) is 0 Å². The summed E-state index contributed by atoms with van der Waals surface area (Å²) in [5.74, 6) is 0.781. The summed E-state index contributed by atoms with van der Waals surface area (Å²) in [7, 11) is 0. The SMILES string of the molecule is CCCNCc1cncn1C(C)CC(C)CC. The van der Waals surface area contributed by atoms with E-state index in [1.54, 1.807) is 0 Å². The minimum absolute atomic E-state index is 0.547. The summed E-state index contributed by atoms with van der Waals surface area (Å²) < 4.78 is 2.31. The summed E-state index contributed by atoms with van der Waals surface area (Å²) in [6.45, 7) is 11.1. The van der Waals surface area contributed by atoms with Crippen LogP contribution in [0.3, 0.4) is 0 Å². The zero-order chi connectivity index (χ0) is 12.7. The fourth-order valence-electron chi connectivity index (χ4n) is 2.12. The quantitative estimate of drug-likeness (QED) is 0.702. The van der Waals surface area contributed by atoms with E-state index >= 15 is 0 Å². The average Bonchev–Trinajstić information content (AvgIpc) is 2.77. The summed E-state index contributed by atoms with van der Waals surface area (Å²) in [6, 6.07) is 0.547. The zero-order valence-corrected chi connectivity index (χ0v) is 11.7. The van der Waals surface area contributed by atoms with Gasteiger partial charge in [-0.05, 0) is 32.2 Å². The molecule has 3 heteroatoms. The van der Waals surface area contributed by atoms with Gasteiger partial charge in [-0.3, -0.25) is 0 Å². The molecule has 0 fully saturated rings. The Labute approximate surface area is 106 Å². The molecule has 3 nitrogen and oxygen atoms in total. The van der Waals surface area contributed by atoms with Crippen molar-refractivity contribution in [2.24, 2.45) is 5.92 Å². The summed E-state index contributed by atoms with van der Waals surface area (Å²) in [6.07, 6.45) is 7.61. The van der Waals surface area contributed by atoms with Gasteiger partial charge in [0.05, 0.1) is 12.0 Å². The maximum atomic E-state index is 4.28. The molecule has 2 unspecified atom stereocenters. The normalized spacial score (nSPS) is 14.8. The first kappa shape index (κ1) is 14.2. The van der Waals surface area contributed by atoms with E-state index < -0.39 is 0 Å². The Morgan fingerprint density at radius 1 is 1.35 bits per heavy atom. The van der Waals surface area contributed by atoms with E-state index in [1.807, 2.05) is 12.5 Å². The van der Waals surface area contributed by atoms with E-state index in [2.05, 4.69) is 42.6 Å². The predicted molar refractivity (Wildman–Crippen MR) is 73.0 cm³/mol. The first-order valence-corrected chi connectivity index (χ1v) is 6.90. The average molecular weight is 237 g/mol. The molecule has 0 aliphatic rings. The lowest BCUT2D eigenvalue weighted by Crippen LogP contribution is -2.18. The number of hydrogen-bond donors (Lipinski definition) is 1. The molecular weight excluding hydrogens is 210 g/mol. The van der Waals surface area contributed by atoms with Crippen LogP contribution in [0.15, 0.2) is 12.5 Å². The van der Waals surface area contributed by atoms with Crippen molar-refractivity contribution in [1.29, 1.82) is 0 Å². The van der Waals surface area contributed by atoms with Crippen LogP contribution in [0.4, 0.5) is 0 Å². The lowest BCUT2D eigenvalue weighted by molar-refractivity contribution is 0.389. The van der Waals surface area contributed by atoms with Crippen LogP contribution in [0, 0.1) is 5.92 Å². The van der Waals surface area contributed by atoms with E-state index in [4.69, 9.17) is 0 Å². The van der Waals surface area contributed by atoms with E-state index in [0.717, 1.165) is 19.0 Å². The monoisotopic (exact) mass is 237 g/mol. The molecule has 1 aromatic rings. The smallest absolute Gasteiger partial charge is 0.0951 e. The minimum atomic E-state index is 0.547. The highest BCUT2D eigenvalue weighted by molar-refractivity contribution is 4.99. The number of rotatable bonds is 8. The van der Waals surface area contributed by atoms with E-state index in [1.165, 1.54) is 25.0 Å². The fraction of sp³-hybridized carbons (Fsp3) is 0.786. The highest BCUT2D eigenvalue weighted by Gasteiger charge is 2.11. The molecule has 1 rings (SSSR count). The maximum absolute atomic E-state index is 4.28. The van der Waals surface area contributed by atoms with Crippen molar-refractivity contribution >= 4 is 0 Å². The largest absolute Gasteiger partial charge is 0.331 e. The van der Waals surface area contributed by atoms with Crippen LogP contribution in [0.1, 0.15) is 58.7 Å². The lowest BCUT2D eigenvalue weighted by Gasteiger charge is -2.20. The standard InChI is InChI=1S/C14H27N3/c1-5-7-15-9-14-10-16-11-17(14)13(4)8-12(3)6-2/h10-13,15H,5-9H2,1-4H3. The molecule has 0 bridgehead atoms. The second-order valence-corrected chi connectivity index (χ2v) is 5.07. The zero-order valence-electron chi connectivity index (χ0n) is 11.7. The van der Waals surface area contributed by atoms with Gasteiger partial charge in [-0.25, -0.2) is 4.98 Å². The first-order valence-electron chi connectivity index (χ1n) is 6.90. The van der Waals surface area contributed by atoms with Crippen molar-refractivity contribution in [1.82, 2.24) is 14.9 Å². The van der Waals surface area contributed by atoms with E-state index in [-0.39, 0.29) is 0 Å². The molecule has 1 heterocycles. The van der Waals surface area contributed by atoms with E-state index in [9.17, 15) is 0 Å². The van der Waals surface area contributed by atoms with Gasteiger partial charge in [0.1, 0.15) is 0 Å². The molecule has 0 saturated heterocycles. The first-order chi connectivity index (χ1) is 8.19. The third-order valence-corrected chi connectivity index (χ3v) is 3.39. The molecule has 0 aliphatic heterocycles. The van der Waals surface area contributed by atoms with Gasteiger partial charge >= 0.3 is 0 Å². The number of nitrogens with one attached hydrogen (secondary N) is 1. The number of aromatic nitrogens is 2. The second-order valence-electron chi connectivity index (χ2n) is 5.07. The number of imidazole rings is 1. The van der Waals surface area contributed by atoms with Gasteiger partial charge in [-0.2, -0.15) is 0 Å². The topological polar surface area (TPSA) is 29.9 Å². The highest BCUT2D eigenvalue weighted by Crippen LogP contribution is 2.20. The summed E-state index contributed by atoms with van der Waals surface area (Å²) in [4.78, 5) is 4.28. The minimum Gasteiger partial charge on any atom is -0.331 e. The molecule has 1 aromatic heterocycles. The van der Waals surface area contributed by atoms with Crippen molar-refractivity contribution in [3.63, 3.8) is 0 Å². The van der Waals surface area contributed by atoms with Crippen LogP contribution < -0.4 is 5.32 Å². The number of nitrogens with zero attached hydrogens (tertiary/aromatic N) is 2. The van der Waals surface area contributed by atoms with Crippen LogP contribution >= 0.6 is 0 Å². The molecule has 17 heavy (non-hydrogen) atoms. The predicted octanol–water partition coefficient (Wildman–Crippen LogP) is 3.38. The summed E-state index contributed by atoms with van der Waals surface area (Å²) in [5, 5.41) is 3.44. The van der Waals surface area contributed by atoms with Gasteiger partial charge in [-0.15, -0.1) is 0 Å². The third-order valence-electron chi connectivity index (χ3n) is 3.39. The van der Waals surface area contributed by atoms with Crippen molar-refractivity contribution in [3.05, 3.63) is 18.2 Å². The van der Waals surface area contributed by atoms with Crippen LogP contribution in [0.25, 0.3) is 0 Å². The van der Waals surface area contributed by atoms with Crippen molar-refractivity contribution in [2.75, 3.05) is 6.54 Å². The van der Waals surface area contributed by atoms with Gasteiger partial charge in [0.15, 0.2) is 0 Å². The maximum Gasteiger partial charge on any atom is 0.0951 e. The van der Waals surface area contributed by atoms with Crippen LogP contribution in [0.2, 0.25) is 0 Å². The Morgan fingerprint density at radius 3 is 2.76 bits per heavy atom. The Balaban J connectivity index is 2.54. The molecule has 2 atom stereocenters. The van der Waals surface area contributed by atoms with Crippen molar-refractivity contribution in [3.8, 4) is 0 Å². The lowest BCUT2D eigenvalue weighted by atomic mass is 10.0. The Morgan fingerprint density at radius 2 is 2.12 bits per heavy atom. The van der Waals surface area contributed by atoms with Crippen molar-refractivity contribution in [2.45, 2.75) is 59.5 Å². The summed E-state index contributed by atoms with van der Waals surface area (Å²) in [5.41, 5.74) is 1.30. The Hall–Kier alpha value is -0.830. The molecule has 0 amide bonds. The second kappa shape index (κ2) is 7.49.